The third-order valence-electron chi connectivity index (χ3n) is 3.19. The molecule has 0 fully saturated rings. The number of nitro benzene ring substituents is 1. The minimum absolute atomic E-state index is 0.108. The highest BCUT2D eigenvalue weighted by molar-refractivity contribution is 5.84. The molecule has 1 aromatic heterocycles. The summed E-state index contributed by atoms with van der Waals surface area (Å²) in [6.07, 6.45) is -4.44. The summed E-state index contributed by atoms with van der Waals surface area (Å²) in [6.45, 7) is 0. The molecule has 0 radical (unpaired) electrons. The fraction of sp³-hybridized carbons (Fsp3) is 0.0667. The quantitative estimate of drug-likeness (QED) is 0.493. The lowest BCUT2D eigenvalue weighted by Crippen LogP contribution is -2.04. The van der Waals surface area contributed by atoms with Crippen molar-refractivity contribution < 1.29 is 22.5 Å². The highest BCUT2D eigenvalue weighted by atomic mass is 19.4. The Bertz CT molecular complexity index is 868. The summed E-state index contributed by atoms with van der Waals surface area (Å²) in [5.41, 5.74) is -0.257. The number of benzene rings is 2. The lowest BCUT2D eigenvalue weighted by molar-refractivity contribution is -0.384. The molecule has 0 amide bonds. The molecule has 0 aliphatic heterocycles. The van der Waals surface area contributed by atoms with Crippen molar-refractivity contribution in [3.8, 4) is 11.3 Å². The van der Waals surface area contributed by atoms with E-state index in [0.717, 1.165) is 12.1 Å². The first-order valence-electron chi connectivity index (χ1n) is 6.20. The van der Waals surface area contributed by atoms with Crippen molar-refractivity contribution in [2.75, 3.05) is 0 Å². The van der Waals surface area contributed by atoms with E-state index in [4.69, 9.17) is 4.42 Å². The first-order valence-corrected chi connectivity index (χ1v) is 6.20. The van der Waals surface area contributed by atoms with E-state index in [9.17, 15) is 23.3 Å². The van der Waals surface area contributed by atoms with Crippen molar-refractivity contribution in [3.05, 3.63) is 64.2 Å². The maximum absolute atomic E-state index is 12.7. The summed E-state index contributed by atoms with van der Waals surface area (Å²) in [5.74, 6) is 0.224. The Kier molecular flexibility index (Phi) is 3.13. The number of furan rings is 1. The smallest absolute Gasteiger partial charge is 0.416 e. The zero-order chi connectivity index (χ0) is 15.9. The van der Waals surface area contributed by atoms with Crippen molar-refractivity contribution in [2.45, 2.75) is 6.18 Å². The second kappa shape index (κ2) is 4.87. The lowest BCUT2D eigenvalue weighted by atomic mass is 10.1. The van der Waals surface area contributed by atoms with Gasteiger partial charge >= 0.3 is 6.18 Å². The van der Waals surface area contributed by atoms with E-state index in [1.807, 2.05) is 0 Å². The van der Waals surface area contributed by atoms with Crippen LogP contribution in [0.2, 0.25) is 0 Å². The predicted octanol–water partition coefficient (Wildman–Crippen LogP) is 5.03. The van der Waals surface area contributed by atoms with Crippen molar-refractivity contribution in [2.24, 2.45) is 0 Å². The van der Waals surface area contributed by atoms with Gasteiger partial charge in [0.05, 0.1) is 10.5 Å². The van der Waals surface area contributed by atoms with Crippen molar-refractivity contribution in [1.82, 2.24) is 0 Å². The van der Waals surface area contributed by atoms with Gasteiger partial charge in [-0.1, -0.05) is 12.1 Å². The average molecular weight is 307 g/mol. The number of halogens is 3. The Balaban J connectivity index is 2.09. The highest BCUT2D eigenvalue weighted by Crippen LogP contribution is 2.34. The van der Waals surface area contributed by atoms with E-state index in [1.165, 1.54) is 36.4 Å². The number of fused-ring (bicyclic) bond motifs is 1. The van der Waals surface area contributed by atoms with Gasteiger partial charge in [0.25, 0.3) is 5.69 Å². The number of hydrogen-bond acceptors (Lipinski definition) is 3. The van der Waals surface area contributed by atoms with E-state index in [1.54, 1.807) is 0 Å². The SMILES string of the molecule is O=[N+]([O-])c1ccc2oc(-c3cccc(C(F)(F)F)c3)cc2c1. The van der Waals surface area contributed by atoms with Crippen LogP contribution in [0.1, 0.15) is 5.56 Å². The Hall–Kier alpha value is -2.83. The highest BCUT2D eigenvalue weighted by Gasteiger charge is 2.30. The molecule has 112 valence electrons. The van der Waals surface area contributed by atoms with Crippen LogP contribution in [-0.2, 0) is 6.18 Å². The molecule has 0 aliphatic rings. The minimum Gasteiger partial charge on any atom is -0.456 e. The molecule has 4 nitrogen and oxygen atoms in total. The van der Waals surface area contributed by atoms with Crippen molar-refractivity contribution in [3.63, 3.8) is 0 Å². The van der Waals surface area contributed by atoms with E-state index < -0.39 is 16.7 Å². The van der Waals surface area contributed by atoms with Gasteiger partial charge in [0.15, 0.2) is 0 Å². The summed E-state index contributed by atoms with van der Waals surface area (Å²) in [5, 5.41) is 11.2. The molecule has 3 rings (SSSR count). The van der Waals surface area contributed by atoms with Gasteiger partial charge in [0.1, 0.15) is 11.3 Å². The molecule has 2 aromatic carbocycles. The molecule has 0 atom stereocenters. The van der Waals surface area contributed by atoms with Gasteiger partial charge in [0.2, 0.25) is 0 Å². The molecule has 0 saturated heterocycles. The summed E-state index contributed by atoms with van der Waals surface area (Å²) < 4.78 is 43.6. The van der Waals surface area contributed by atoms with Crippen LogP contribution in [0.5, 0.6) is 0 Å². The zero-order valence-corrected chi connectivity index (χ0v) is 10.9. The normalized spacial score (nSPS) is 11.8. The summed E-state index contributed by atoms with van der Waals surface area (Å²) in [6, 6.07) is 10.2. The third kappa shape index (κ3) is 2.52. The minimum atomic E-state index is -4.44. The second-order valence-corrected chi connectivity index (χ2v) is 4.67. The fourth-order valence-electron chi connectivity index (χ4n) is 2.14. The molecule has 1 heterocycles. The Morgan fingerprint density at radius 2 is 1.82 bits per heavy atom. The maximum atomic E-state index is 12.7. The maximum Gasteiger partial charge on any atom is 0.416 e. The molecular formula is C15H8F3NO3. The van der Waals surface area contributed by atoms with Gasteiger partial charge in [-0.2, -0.15) is 13.2 Å². The summed E-state index contributed by atoms with van der Waals surface area (Å²) in [4.78, 5) is 10.2. The number of alkyl halides is 3. The van der Waals surface area contributed by atoms with Crippen LogP contribution < -0.4 is 0 Å². The molecule has 0 bridgehead atoms. The van der Waals surface area contributed by atoms with Crippen LogP contribution in [0.4, 0.5) is 18.9 Å². The molecule has 3 aromatic rings. The predicted molar refractivity (Wildman–Crippen MR) is 73.3 cm³/mol. The molecule has 0 N–H and O–H groups in total. The van der Waals surface area contributed by atoms with Crippen LogP contribution in [0.3, 0.4) is 0 Å². The van der Waals surface area contributed by atoms with Gasteiger partial charge in [-0.15, -0.1) is 0 Å². The van der Waals surface area contributed by atoms with Gasteiger partial charge in [-0.05, 0) is 24.3 Å². The van der Waals surface area contributed by atoms with Gasteiger partial charge < -0.3 is 4.42 Å². The number of non-ortho nitro benzene ring substituents is 1. The zero-order valence-electron chi connectivity index (χ0n) is 10.9. The third-order valence-corrected chi connectivity index (χ3v) is 3.19. The topological polar surface area (TPSA) is 56.3 Å². The average Bonchev–Trinajstić information content (AvgIpc) is 2.89. The number of nitro groups is 1. The first kappa shape index (κ1) is 14.1. The molecule has 0 saturated carbocycles. The fourth-order valence-corrected chi connectivity index (χ4v) is 2.14. The standard InChI is InChI=1S/C15H8F3NO3/c16-15(17,18)11-3-1-2-9(6-11)14-8-10-7-12(19(20)21)4-5-13(10)22-14/h1-8H. The van der Waals surface area contributed by atoms with Gasteiger partial charge in [-0.3, -0.25) is 10.1 Å². The number of hydrogen-bond donors (Lipinski definition) is 0. The van der Waals surface area contributed by atoms with Crippen molar-refractivity contribution in [1.29, 1.82) is 0 Å². The molecule has 7 heteroatoms. The largest absolute Gasteiger partial charge is 0.456 e. The summed E-state index contributed by atoms with van der Waals surface area (Å²) >= 11 is 0. The number of rotatable bonds is 2. The van der Waals surface area contributed by atoms with E-state index in [2.05, 4.69) is 0 Å². The van der Waals surface area contributed by atoms with E-state index in [-0.39, 0.29) is 17.0 Å². The van der Waals surface area contributed by atoms with E-state index >= 15 is 0 Å². The number of nitrogens with zero attached hydrogens (tertiary/aromatic N) is 1. The van der Waals surface area contributed by atoms with Crippen LogP contribution in [0, 0.1) is 10.1 Å². The van der Waals surface area contributed by atoms with Gasteiger partial charge in [0, 0.05) is 23.1 Å². The molecule has 22 heavy (non-hydrogen) atoms. The van der Waals surface area contributed by atoms with E-state index in [0.29, 0.717) is 11.0 Å². The van der Waals surface area contributed by atoms with Crippen LogP contribution in [0.15, 0.2) is 52.9 Å². The van der Waals surface area contributed by atoms with Crippen LogP contribution in [-0.4, -0.2) is 4.92 Å². The first-order chi connectivity index (χ1) is 10.3. The Morgan fingerprint density at radius 1 is 1.05 bits per heavy atom. The molecular weight excluding hydrogens is 299 g/mol. The Morgan fingerprint density at radius 3 is 2.50 bits per heavy atom. The molecule has 0 aliphatic carbocycles. The molecule has 0 unspecified atom stereocenters. The monoisotopic (exact) mass is 307 g/mol. The lowest BCUT2D eigenvalue weighted by Gasteiger charge is -2.07. The van der Waals surface area contributed by atoms with Gasteiger partial charge in [-0.25, -0.2) is 0 Å². The van der Waals surface area contributed by atoms with Crippen LogP contribution in [0.25, 0.3) is 22.3 Å². The van der Waals surface area contributed by atoms with Crippen molar-refractivity contribution >= 4 is 16.7 Å². The molecule has 0 spiro atoms. The Labute approximate surface area is 121 Å². The second-order valence-electron chi connectivity index (χ2n) is 4.67. The van der Waals surface area contributed by atoms with Crippen LogP contribution >= 0.6 is 0 Å². The summed E-state index contributed by atoms with van der Waals surface area (Å²) in [7, 11) is 0.